The molecule has 5 nitrogen and oxygen atoms in total. The van der Waals surface area contributed by atoms with E-state index in [4.69, 9.17) is 10.3 Å². The van der Waals surface area contributed by atoms with Crippen LogP contribution in [-0.2, 0) is 13.1 Å². The number of hydrogen-bond donors (Lipinski definition) is 1. The third-order valence-electron chi connectivity index (χ3n) is 4.77. The summed E-state index contributed by atoms with van der Waals surface area (Å²) in [7, 11) is 0. The molecule has 2 heterocycles. The second-order valence-electron chi connectivity index (χ2n) is 6.47. The Hall–Kier alpha value is -2.21. The van der Waals surface area contributed by atoms with Gasteiger partial charge >= 0.3 is 0 Å². The average molecular weight is 371 g/mol. The molecule has 1 atom stereocenters. The lowest BCUT2D eigenvalue weighted by atomic mass is 10.1. The van der Waals surface area contributed by atoms with Gasteiger partial charge in [0, 0.05) is 18.7 Å². The maximum absolute atomic E-state index is 5.65. The minimum absolute atomic E-state index is 0. The third kappa shape index (κ3) is 3.96. The molecule has 136 valence electrons. The van der Waals surface area contributed by atoms with E-state index in [9.17, 15) is 0 Å². The number of rotatable bonds is 5. The SMILES string of the molecule is Cl.NCc1ccc(-c2noc(C3CCCN3Cc3ccccc3)n2)cc1. The molecule has 1 aliphatic heterocycles. The van der Waals surface area contributed by atoms with E-state index in [0.29, 0.717) is 18.3 Å². The second kappa shape index (κ2) is 8.45. The predicted molar refractivity (Wildman–Crippen MR) is 104 cm³/mol. The molecule has 1 unspecified atom stereocenters. The minimum Gasteiger partial charge on any atom is -0.337 e. The summed E-state index contributed by atoms with van der Waals surface area (Å²) in [4.78, 5) is 7.08. The summed E-state index contributed by atoms with van der Waals surface area (Å²) in [6.07, 6.45) is 2.21. The van der Waals surface area contributed by atoms with Crippen LogP contribution in [0.15, 0.2) is 59.1 Å². The van der Waals surface area contributed by atoms with Gasteiger partial charge in [0.1, 0.15) is 0 Å². The number of nitrogens with zero attached hydrogens (tertiary/aromatic N) is 3. The van der Waals surface area contributed by atoms with Crippen molar-refractivity contribution in [3.63, 3.8) is 0 Å². The van der Waals surface area contributed by atoms with Crippen LogP contribution in [-0.4, -0.2) is 21.6 Å². The molecule has 4 rings (SSSR count). The van der Waals surface area contributed by atoms with Crippen LogP contribution in [0.3, 0.4) is 0 Å². The van der Waals surface area contributed by atoms with Gasteiger partial charge in [-0.1, -0.05) is 59.8 Å². The summed E-state index contributed by atoms with van der Waals surface area (Å²) < 4.78 is 5.60. The van der Waals surface area contributed by atoms with Crippen molar-refractivity contribution >= 4 is 12.4 Å². The van der Waals surface area contributed by atoms with Gasteiger partial charge in [0.15, 0.2) is 0 Å². The first kappa shape index (κ1) is 18.6. The lowest BCUT2D eigenvalue weighted by Crippen LogP contribution is -2.22. The van der Waals surface area contributed by atoms with Crippen molar-refractivity contribution in [2.75, 3.05) is 6.54 Å². The molecule has 1 aliphatic rings. The molecule has 0 amide bonds. The van der Waals surface area contributed by atoms with Gasteiger partial charge in [-0.05, 0) is 30.5 Å². The van der Waals surface area contributed by atoms with Gasteiger partial charge in [0.05, 0.1) is 6.04 Å². The Bertz CT molecular complexity index is 819. The van der Waals surface area contributed by atoms with Crippen molar-refractivity contribution in [2.24, 2.45) is 5.73 Å². The van der Waals surface area contributed by atoms with Crippen molar-refractivity contribution in [3.8, 4) is 11.4 Å². The first-order chi connectivity index (χ1) is 12.3. The number of halogens is 1. The molecular weight excluding hydrogens is 348 g/mol. The lowest BCUT2D eigenvalue weighted by Gasteiger charge is -2.21. The van der Waals surface area contributed by atoms with Crippen LogP contribution in [0.5, 0.6) is 0 Å². The van der Waals surface area contributed by atoms with Gasteiger partial charge in [-0.25, -0.2) is 0 Å². The Kier molecular flexibility index (Phi) is 6.04. The van der Waals surface area contributed by atoms with Crippen molar-refractivity contribution in [3.05, 3.63) is 71.6 Å². The molecule has 26 heavy (non-hydrogen) atoms. The summed E-state index contributed by atoms with van der Waals surface area (Å²) in [5.41, 5.74) is 9.01. The third-order valence-corrected chi connectivity index (χ3v) is 4.77. The molecule has 1 saturated heterocycles. The Morgan fingerprint density at radius 2 is 1.81 bits per heavy atom. The van der Waals surface area contributed by atoms with Crippen LogP contribution >= 0.6 is 12.4 Å². The maximum Gasteiger partial charge on any atom is 0.244 e. The molecule has 0 spiro atoms. The first-order valence-corrected chi connectivity index (χ1v) is 8.74. The zero-order chi connectivity index (χ0) is 17.1. The van der Waals surface area contributed by atoms with Crippen LogP contribution in [0.25, 0.3) is 11.4 Å². The van der Waals surface area contributed by atoms with E-state index in [1.54, 1.807) is 0 Å². The van der Waals surface area contributed by atoms with Crippen molar-refractivity contribution in [1.29, 1.82) is 0 Å². The molecule has 0 radical (unpaired) electrons. The molecule has 0 bridgehead atoms. The van der Waals surface area contributed by atoms with Gasteiger partial charge in [-0.15, -0.1) is 12.4 Å². The summed E-state index contributed by atoms with van der Waals surface area (Å²) in [6.45, 7) is 2.51. The molecule has 1 fully saturated rings. The van der Waals surface area contributed by atoms with Crippen LogP contribution in [0.2, 0.25) is 0 Å². The van der Waals surface area contributed by atoms with E-state index in [1.165, 1.54) is 5.56 Å². The number of benzene rings is 2. The summed E-state index contributed by atoms with van der Waals surface area (Å²) in [5.74, 6) is 1.36. The van der Waals surface area contributed by atoms with E-state index in [1.807, 2.05) is 30.3 Å². The number of nitrogens with two attached hydrogens (primary N) is 1. The normalized spacial score (nSPS) is 17.2. The molecule has 2 aromatic carbocycles. The van der Waals surface area contributed by atoms with Crippen molar-refractivity contribution < 1.29 is 4.52 Å². The number of hydrogen-bond acceptors (Lipinski definition) is 5. The van der Waals surface area contributed by atoms with Gasteiger partial charge in [-0.3, -0.25) is 4.90 Å². The minimum atomic E-state index is 0. The molecule has 1 aromatic heterocycles. The zero-order valence-electron chi connectivity index (χ0n) is 14.5. The van der Waals surface area contributed by atoms with Gasteiger partial charge in [0.2, 0.25) is 11.7 Å². The topological polar surface area (TPSA) is 68.2 Å². The van der Waals surface area contributed by atoms with Gasteiger partial charge in [0.25, 0.3) is 0 Å². The van der Waals surface area contributed by atoms with E-state index >= 15 is 0 Å². The Morgan fingerprint density at radius 3 is 2.54 bits per heavy atom. The largest absolute Gasteiger partial charge is 0.337 e. The molecule has 6 heteroatoms. The fraction of sp³-hybridized carbons (Fsp3) is 0.300. The van der Waals surface area contributed by atoms with E-state index < -0.39 is 0 Å². The standard InChI is InChI=1S/C20H22N4O.ClH/c21-13-15-8-10-17(11-9-15)19-22-20(25-23-19)18-7-4-12-24(18)14-16-5-2-1-3-6-16;/h1-3,5-6,8-11,18H,4,7,12-14,21H2;1H. The average Bonchev–Trinajstić information content (AvgIpc) is 3.32. The van der Waals surface area contributed by atoms with Gasteiger partial charge < -0.3 is 10.3 Å². The number of likely N-dealkylation sites (tertiary alicyclic amines) is 1. The fourth-order valence-electron chi connectivity index (χ4n) is 3.39. The van der Waals surface area contributed by atoms with Crippen LogP contribution < -0.4 is 5.73 Å². The van der Waals surface area contributed by atoms with Gasteiger partial charge in [-0.2, -0.15) is 4.98 Å². The predicted octanol–water partition coefficient (Wildman–Crippen LogP) is 3.95. The monoisotopic (exact) mass is 370 g/mol. The van der Waals surface area contributed by atoms with Crippen molar-refractivity contribution in [2.45, 2.75) is 32.0 Å². The molecule has 3 aromatic rings. The number of aromatic nitrogens is 2. The quantitative estimate of drug-likeness (QED) is 0.736. The summed E-state index contributed by atoms with van der Waals surface area (Å²) >= 11 is 0. The Morgan fingerprint density at radius 1 is 1.04 bits per heavy atom. The Labute approximate surface area is 159 Å². The van der Waals surface area contributed by atoms with Crippen LogP contribution in [0, 0.1) is 0 Å². The van der Waals surface area contributed by atoms with Crippen LogP contribution in [0.4, 0.5) is 0 Å². The molecule has 0 aliphatic carbocycles. The highest BCUT2D eigenvalue weighted by atomic mass is 35.5. The first-order valence-electron chi connectivity index (χ1n) is 8.74. The summed E-state index contributed by atoms with van der Waals surface area (Å²) in [5, 5.41) is 4.18. The second-order valence-corrected chi connectivity index (χ2v) is 6.47. The van der Waals surface area contributed by atoms with Crippen molar-refractivity contribution in [1.82, 2.24) is 15.0 Å². The van der Waals surface area contributed by atoms with E-state index in [0.717, 1.165) is 37.1 Å². The highest BCUT2D eigenvalue weighted by molar-refractivity contribution is 5.85. The fourth-order valence-corrected chi connectivity index (χ4v) is 3.39. The van der Waals surface area contributed by atoms with E-state index in [2.05, 4.69) is 39.3 Å². The maximum atomic E-state index is 5.65. The van der Waals surface area contributed by atoms with Crippen LogP contribution in [0.1, 0.15) is 35.9 Å². The smallest absolute Gasteiger partial charge is 0.244 e. The Balaban J connectivity index is 0.00000196. The summed E-state index contributed by atoms with van der Waals surface area (Å²) in [6, 6.07) is 18.7. The zero-order valence-corrected chi connectivity index (χ0v) is 15.4. The lowest BCUT2D eigenvalue weighted by molar-refractivity contribution is 0.201. The molecular formula is C20H23ClN4O. The van der Waals surface area contributed by atoms with E-state index in [-0.39, 0.29) is 18.4 Å². The molecule has 2 N–H and O–H groups in total. The highest BCUT2D eigenvalue weighted by Crippen LogP contribution is 2.33. The molecule has 0 saturated carbocycles. The highest BCUT2D eigenvalue weighted by Gasteiger charge is 2.30.